The molecule has 0 aliphatic heterocycles. The van der Waals surface area contributed by atoms with Gasteiger partial charge in [0.2, 0.25) is 0 Å². The lowest BCUT2D eigenvalue weighted by Gasteiger charge is -2.66. The van der Waals surface area contributed by atoms with Gasteiger partial charge in [0.25, 0.3) is 0 Å². The van der Waals surface area contributed by atoms with Crippen LogP contribution < -0.4 is 5.32 Å². The quantitative estimate of drug-likeness (QED) is 0.248. The van der Waals surface area contributed by atoms with Gasteiger partial charge in [0.15, 0.2) is 0 Å². The Bertz CT molecular complexity index is 1010. The highest BCUT2D eigenvalue weighted by Gasteiger charge is 2.67. The zero-order chi connectivity index (χ0) is 29.4. The van der Waals surface area contributed by atoms with E-state index in [9.17, 15) is 9.90 Å². The van der Waals surface area contributed by atoms with E-state index in [1.165, 1.54) is 44.9 Å². The fourth-order valence-electron chi connectivity index (χ4n) is 10.7. The predicted molar refractivity (Wildman–Crippen MR) is 164 cm³/mol. The van der Waals surface area contributed by atoms with Gasteiger partial charge in [0, 0.05) is 49.2 Å². The van der Waals surface area contributed by atoms with Crippen LogP contribution in [0.5, 0.6) is 0 Å². The third-order valence-electron chi connectivity index (χ3n) is 13.0. The molecule has 41 heavy (non-hydrogen) atoms. The first-order valence-corrected chi connectivity index (χ1v) is 17.1. The molecule has 0 radical (unpaired) electrons. The number of ether oxygens (including phenoxy) is 1. The van der Waals surface area contributed by atoms with Crippen molar-refractivity contribution in [3.8, 4) is 0 Å². The first-order chi connectivity index (χ1) is 19.5. The van der Waals surface area contributed by atoms with Crippen molar-refractivity contribution in [1.82, 2.24) is 15.3 Å². The number of carbonyl (C=O) groups is 1. The van der Waals surface area contributed by atoms with Gasteiger partial charge in [-0.3, -0.25) is 4.79 Å². The van der Waals surface area contributed by atoms with Crippen molar-refractivity contribution in [1.29, 1.82) is 0 Å². The van der Waals surface area contributed by atoms with Gasteiger partial charge >= 0.3 is 5.97 Å². The van der Waals surface area contributed by atoms with Gasteiger partial charge in [-0.1, -0.05) is 60.8 Å². The number of H-pyrrole nitrogens is 1. The highest BCUT2D eigenvalue weighted by atomic mass is 16.5. The Morgan fingerprint density at radius 1 is 1.15 bits per heavy atom. The second-order valence-corrected chi connectivity index (χ2v) is 15.5. The van der Waals surface area contributed by atoms with E-state index < -0.39 is 5.60 Å². The second kappa shape index (κ2) is 12.3. The average molecular weight is 570 g/mol. The molecule has 5 rings (SSSR count). The Balaban J connectivity index is 1.37. The Kier molecular flexibility index (Phi) is 9.31. The van der Waals surface area contributed by atoms with Crippen LogP contribution in [0.3, 0.4) is 0 Å². The maximum Gasteiger partial charge on any atom is 0.305 e. The Morgan fingerprint density at radius 3 is 2.66 bits per heavy atom. The molecular weight excluding hydrogens is 510 g/mol. The predicted octanol–water partition coefficient (Wildman–Crippen LogP) is 7.08. The lowest BCUT2D eigenvalue weighted by Crippen LogP contribution is -2.71. The van der Waals surface area contributed by atoms with Crippen molar-refractivity contribution in [2.45, 2.75) is 143 Å². The van der Waals surface area contributed by atoms with Gasteiger partial charge in [0.05, 0.1) is 11.9 Å². The number of imidazole rings is 1. The van der Waals surface area contributed by atoms with E-state index in [1.54, 1.807) is 6.33 Å². The van der Waals surface area contributed by atoms with Crippen LogP contribution in [-0.4, -0.2) is 45.3 Å². The van der Waals surface area contributed by atoms with E-state index in [0.29, 0.717) is 30.1 Å². The first kappa shape index (κ1) is 31.0. The van der Waals surface area contributed by atoms with Crippen molar-refractivity contribution >= 4 is 5.97 Å². The third-order valence-corrected chi connectivity index (χ3v) is 13.0. The molecule has 10 atom stereocenters. The number of rotatable bonds is 11. The molecule has 0 bridgehead atoms. The monoisotopic (exact) mass is 569 g/mol. The summed E-state index contributed by atoms with van der Waals surface area (Å²) in [6.45, 7) is 15.0. The van der Waals surface area contributed by atoms with Crippen LogP contribution in [0.2, 0.25) is 0 Å². The number of fused-ring (bicyclic) bond motifs is 5. The van der Waals surface area contributed by atoms with Crippen LogP contribution in [0.15, 0.2) is 12.5 Å². The van der Waals surface area contributed by atoms with Crippen molar-refractivity contribution < 1.29 is 14.6 Å². The van der Waals surface area contributed by atoms with Crippen molar-refractivity contribution in [2.75, 3.05) is 6.54 Å². The van der Waals surface area contributed by atoms with Crippen LogP contribution >= 0.6 is 0 Å². The van der Waals surface area contributed by atoms with E-state index >= 15 is 0 Å². The highest BCUT2D eigenvalue weighted by Crippen LogP contribution is 2.69. The van der Waals surface area contributed by atoms with E-state index in [4.69, 9.17) is 4.74 Å². The molecule has 6 nitrogen and oxygen atoms in total. The zero-order valence-electron chi connectivity index (χ0n) is 26.9. The molecule has 1 heterocycles. The van der Waals surface area contributed by atoms with Gasteiger partial charge < -0.3 is 20.1 Å². The summed E-state index contributed by atoms with van der Waals surface area (Å²) in [6, 6.07) is 0.00432. The summed E-state index contributed by atoms with van der Waals surface area (Å²) in [7, 11) is 0. The smallest absolute Gasteiger partial charge is 0.305 e. The first-order valence-electron chi connectivity index (χ1n) is 17.1. The average Bonchev–Trinajstić information content (AvgIpc) is 3.57. The molecule has 0 amide bonds. The lowest BCUT2D eigenvalue weighted by molar-refractivity contribution is -0.237. The van der Waals surface area contributed by atoms with Crippen LogP contribution in [0, 0.1) is 46.3 Å². The summed E-state index contributed by atoms with van der Waals surface area (Å²) < 4.78 is 5.88. The van der Waals surface area contributed by atoms with Crippen molar-refractivity contribution in [3.63, 3.8) is 0 Å². The van der Waals surface area contributed by atoms with Crippen LogP contribution in [0.1, 0.15) is 124 Å². The van der Waals surface area contributed by atoms with E-state index in [1.807, 2.05) is 13.1 Å². The van der Waals surface area contributed by atoms with E-state index in [2.05, 4.69) is 49.9 Å². The number of nitrogens with one attached hydrogen (secondary N) is 2. The summed E-state index contributed by atoms with van der Waals surface area (Å²) in [5, 5.41) is 16.6. The summed E-state index contributed by atoms with van der Waals surface area (Å²) in [4.78, 5) is 19.7. The fraction of sp³-hybridized carbons (Fsp3) is 0.886. The number of esters is 1. The zero-order valence-corrected chi connectivity index (χ0v) is 26.9. The normalized spacial score (nSPS) is 41.0. The molecule has 0 saturated heterocycles. The fourth-order valence-corrected chi connectivity index (χ4v) is 10.7. The maximum absolute atomic E-state index is 12.8. The standard InChI is InChI=1S/C35H59N3O3/c1-7-32(39)41-26-13-17-34(6)30-14-16-33(5)28(24(4)10-8-9-23(2)3)11-12-29(33)27(30)19-31(35(34,40)20-26)37-18-15-25-21-36-22-38-25/h21-24,26-31,37,40H,7-20H2,1-6H3,(H,36,38)/t24-,26+,27+,28-,29+,30+,31-,33-,34-,35+/m1/s1. The summed E-state index contributed by atoms with van der Waals surface area (Å²) in [5.74, 6) is 4.19. The van der Waals surface area contributed by atoms with Gasteiger partial charge in [-0.05, 0) is 85.9 Å². The minimum absolute atomic E-state index is 0.00432. The van der Waals surface area contributed by atoms with E-state index in [-0.39, 0.29) is 23.5 Å². The highest BCUT2D eigenvalue weighted by molar-refractivity contribution is 5.69. The van der Waals surface area contributed by atoms with Gasteiger partial charge in [-0.2, -0.15) is 0 Å². The molecule has 0 unspecified atom stereocenters. The number of nitrogens with zero attached hydrogens (tertiary/aromatic N) is 1. The molecule has 6 heteroatoms. The second-order valence-electron chi connectivity index (χ2n) is 15.5. The molecule has 0 aromatic carbocycles. The van der Waals surface area contributed by atoms with Gasteiger partial charge in [0.1, 0.15) is 6.10 Å². The molecule has 0 spiro atoms. The Morgan fingerprint density at radius 2 is 1.95 bits per heavy atom. The minimum atomic E-state index is -0.880. The summed E-state index contributed by atoms with van der Waals surface area (Å²) in [5.41, 5.74) is 0.488. The minimum Gasteiger partial charge on any atom is -0.462 e. The summed E-state index contributed by atoms with van der Waals surface area (Å²) >= 11 is 0. The largest absolute Gasteiger partial charge is 0.462 e. The summed E-state index contributed by atoms with van der Waals surface area (Å²) in [6.07, 6.45) is 17.4. The number of hydrogen-bond donors (Lipinski definition) is 3. The number of carbonyl (C=O) groups excluding carboxylic acids is 1. The molecule has 4 aliphatic rings. The van der Waals surface area contributed by atoms with Gasteiger partial charge in [-0.15, -0.1) is 0 Å². The number of hydrogen-bond acceptors (Lipinski definition) is 5. The van der Waals surface area contributed by atoms with Crippen LogP contribution in [0.25, 0.3) is 0 Å². The molecule has 1 aromatic heterocycles. The Hall–Kier alpha value is -1.40. The molecule has 4 aliphatic carbocycles. The van der Waals surface area contributed by atoms with E-state index in [0.717, 1.165) is 61.6 Å². The lowest BCUT2D eigenvalue weighted by atomic mass is 9.42. The topological polar surface area (TPSA) is 87.2 Å². The van der Waals surface area contributed by atoms with Crippen LogP contribution in [0.4, 0.5) is 0 Å². The SMILES string of the molecule is CCC(=O)O[C@H]1CC[C@]2(C)[C@H]3CC[C@]4(C)[C@@H]([C@H](C)CCCC(C)C)CC[C@H]4[C@@H]3C[C@@H](NCCc3cnc[nH]3)[C@@]2(O)C1. The third kappa shape index (κ3) is 5.78. The van der Waals surface area contributed by atoms with Crippen molar-refractivity contribution in [3.05, 3.63) is 18.2 Å². The Labute approximate surface area is 249 Å². The van der Waals surface area contributed by atoms with Crippen LogP contribution in [-0.2, 0) is 16.0 Å². The van der Waals surface area contributed by atoms with Crippen molar-refractivity contribution in [2.24, 2.45) is 46.3 Å². The molecule has 3 N–H and O–H groups in total. The maximum atomic E-state index is 12.8. The van der Waals surface area contributed by atoms with Gasteiger partial charge in [-0.25, -0.2) is 4.98 Å². The molecule has 1 aromatic rings. The molecule has 4 fully saturated rings. The molecular formula is C35H59N3O3. The number of aromatic amines is 1. The molecule has 232 valence electrons. The number of aliphatic hydroxyl groups is 1. The molecule has 4 saturated carbocycles. The number of aromatic nitrogens is 2.